The average molecular weight is 424 g/mol. The van der Waals surface area contributed by atoms with Crippen LogP contribution in [0.15, 0.2) is 41.3 Å². The molecule has 2 aromatic rings. The summed E-state index contributed by atoms with van der Waals surface area (Å²) in [6.45, 7) is 2.35. The van der Waals surface area contributed by atoms with E-state index in [4.69, 9.17) is 5.21 Å². The molecule has 2 N–H and O–H groups in total. The van der Waals surface area contributed by atoms with E-state index in [9.17, 15) is 27.2 Å². The van der Waals surface area contributed by atoms with Crippen LogP contribution in [0.2, 0.25) is 0 Å². The van der Waals surface area contributed by atoms with Crippen LogP contribution in [0, 0.1) is 5.82 Å². The number of nitrogens with one attached hydrogen (secondary N) is 1. The first-order valence-corrected chi connectivity index (χ1v) is 10.5. The van der Waals surface area contributed by atoms with Crippen LogP contribution in [-0.4, -0.2) is 40.9 Å². The first kappa shape index (κ1) is 22.4. The lowest BCUT2D eigenvalue weighted by atomic mass is 10.0. The van der Waals surface area contributed by atoms with Crippen LogP contribution in [-0.2, 0) is 21.2 Å². The molecule has 0 fully saturated rings. The molecule has 1 amide bonds. The number of ketones is 1. The molecule has 0 bridgehead atoms. The summed E-state index contributed by atoms with van der Waals surface area (Å²) in [4.78, 5) is 35.6. The number of hydrogen-bond donors (Lipinski definition) is 2. The van der Waals surface area contributed by atoms with Crippen LogP contribution < -0.4 is 11.0 Å². The van der Waals surface area contributed by atoms with Gasteiger partial charge in [-0.05, 0) is 38.0 Å². The van der Waals surface area contributed by atoms with E-state index in [1.165, 1.54) is 47.4 Å². The number of carbonyl (C=O) groups excluding carboxylic acids is 2. The third-order valence-electron chi connectivity index (χ3n) is 4.91. The molecule has 0 aliphatic rings. The first-order valence-electron chi connectivity index (χ1n) is 8.56. The van der Waals surface area contributed by atoms with Crippen LogP contribution in [0.25, 0.3) is 11.1 Å². The van der Waals surface area contributed by atoms with Crippen molar-refractivity contribution in [1.29, 1.82) is 0 Å². The summed E-state index contributed by atoms with van der Waals surface area (Å²) in [5, 5.41) is 8.84. The highest BCUT2D eigenvalue weighted by Gasteiger charge is 2.43. The van der Waals surface area contributed by atoms with E-state index >= 15 is 0 Å². The number of aryl methyl sites for hydroxylation is 1. The summed E-state index contributed by atoms with van der Waals surface area (Å²) in [6.07, 6.45) is 1.95. The number of benzene rings is 1. The van der Waals surface area contributed by atoms with Crippen molar-refractivity contribution in [3.63, 3.8) is 0 Å². The minimum Gasteiger partial charge on any atom is -0.315 e. The lowest BCUT2D eigenvalue weighted by Crippen LogP contribution is -2.49. The normalized spacial score (nSPS) is 13.6. The molecule has 156 valence electrons. The molecule has 0 spiro atoms. The number of amides is 1. The molecule has 0 aliphatic heterocycles. The smallest absolute Gasteiger partial charge is 0.264 e. The fraction of sp³-hybridized carbons (Fsp3) is 0.316. The summed E-state index contributed by atoms with van der Waals surface area (Å²) >= 11 is 0. The van der Waals surface area contributed by atoms with Crippen molar-refractivity contribution in [3.8, 4) is 11.1 Å². The van der Waals surface area contributed by atoms with Crippen molar-refractivity contribution in [2.75, 3.05) is 6.26 Å². The molecule has 8 nitrogen and oxygen atoms in total. The standard InChI is InChI=1S/C19H21FN2O6S/c1-12(23)13-4-5-15(16(20)10-13)14-6-8-22(17(24)11-14)9-7-19(2,18(25)21-26)29(3,27)28/h4-6,8,10-11,26H,7,9H2,1-3H3,(H,21,25)/t19-/m1/s1. The van der Waals surface area contributed by atoms with Gasteiger partial charge in [-0.1, -0.05) is 12.1 Å². The molecule has 1 heterocycles. The number of hydroxylamine groups is 1. The van der Waals surface area contributed by atoms with E-state index in [0.717, 1.165) is 19.2 Å². The van der Waals surface area contributed by atoms with E-state index in [-0.39, 0.29) is 35.4 Å². The molecule has 1 atom stereocenters. The third kappa shape index (κ3) is 4.60. The monoisotopic (exact) mass is 424 g/mol. The molecule has 29 heavy (non-hydrogen) atoms. The van der Waals surface area contributed by atoms with E-state index in [0.29, 0.717) is 0 Å². The average Bonchev–Trinajstić information content (AvgIpc) is 2.64. The van der Waals surface area contributed by atoms with Crippen molar-refractivity contribution in [1.82, 2.24) is 10.0 Å². The van der Waals surface area contributed by atoms with Crippen LogP contribution in [0.1, 0.15) is 30.6 Å². The van der Waals surface area contributed by atoms with Crippen molar-refractivity contribution in [2.45, 2.75) is 31.6 Å². The van der Waals surface area contributed by atoms with E-state index in [1.54, 1.807) is 0 Å². The van der Waals surface area contributed by atoms with Gasteiger partial charge in [-0.2, -0.15) is 0 Å². The number of pyridine rings is 1. The Bertz CT molecular complexity index is 1130. The minimum absolute atomic E-state index is 0.123. The van der Waals surface area contributed by atoms with E-state index in [1.807, 2.05) is 0 Å². The Morgan fingerprint density at radius 2 is 1.90 bits per heavy atom. The van der Waals surface area contributed by atoms with Crippen molar-refractivity contribution in [2.24, 2.45) is 0 Å². The maximum atomic E-state index is 14.3. The Morgan fingerprint density at radius 1 is 1.24 bits per heavy atom. The lowest BCUT2D eigenvalue weighted by molar-refractivity contribution is -0.131. The number of aromatic nitrogens is 1. The van der Waals surface area contributed by atoms with Crippen LogP contribution >= 0.6 is 0 Å². The lowest BCUT2D eigenvalue weighted by Gasteiger charge is -2.25. The van der Waals surface area contributed by atoms with Gasteiger partial charge in [-0.15, -0.1) is 0 Å². The zero-order valence-corrected chi connectivity index (χ0v) is 16.9. The van der Waals surface area contributed by atoms with Crippen molar-refractivity contribution in [3.05, 3.63) is 58.3 Å². The minimum atomic E-state index is -3.89. The van der Waals surface area contributed by atoms with Crippen LogP contribution in [0.5, 0.6) is 0 Å². The first-order chi connectivity index (χ1) is 13.4. The Morgan fingerprint density at radius 3 is 2.38 bits per heavy atom. The summed E-state index contributed by atoms with van der Waals surface area (Å²) in [5.74, 6) is -2.04. The van der Waals surface area contributed by atoms with Gasteiger partial charge in [0.15, 0.2) is 20.4 Å². The molecule has 0 unspecified atom stereocenters. The zero-order chi connectivity index (χ0) is 22.0. The van der Waals surface area contributed by atoms with Crippen molar-refractivity contribution < 1.29 is 27.6 Å². The highest BCUT2D eigenvalue weighted by Crippen LogP contribution is 2.24. The summed E-state index contributed by atoms with van der Waals surface area (Å²) in [5.41, 5.74) is 1.45. The number of halogens is 1. The molecule has 10 heteroatoms. The second kappa shape index (κ2) is 8.26. The molecule has 1 aromatic heterocycles. The molecular formula is C19H21FN2O6S. The number of rotatable bonds is 7. The van der Waals surface area contributed by atoms with Gasteiger partial charge in [-0.3, -0.25) is 19.6 Å². The SMILES string of the molecule is CC(=O)c1ccc(-c2ccn(CC[C@](C)(C(=O)NO)S(C)(=O)=O)c(=O)c2)c(F)c1. The fourth-order valence-corrected chi connectivity index (χ4v) is 3.59. The van der Waals surface area contributed by atoms with Gasteiger partial charge in [-0.25, -0.2) is 18.3 Å². The molecule has 2 rings (SSSR count). The van der Waals surface area contributed by atoms with Gasteiger partial charge < -0.3 is 4.57 Å². The zero-order valence-electron chi connectivity index (χ0n) is 16.1. The highest BCUT2D eigenvalue weighted by molar-refractivity contribution is 7.92. The molecular weight excluding hydrogens is 403 g/mol. The summed E-state index contributed by atoms with van der Waals surface area (Å²) < 4.78 is 37.5. The van der Waals surface area contributed by atoms with Gasteiger partial charge in [0, 0.05) is 36.2 Å². The number of carbonyl (C=O) groups is 2. The maximum absolute atomic E-state index is 14.3. The molecule has 0 aliphatic carbocycles. The van der Waals surface area contributed by atoms with Gasteiger partial charge >= 0.3 is 0 Å². The Hall–Kier alpha value is -2.85. The molecule has 0 radical (unpaired) electrons. The third-order valence-corrected chi connectivity index (χ3v) is 6.94. The number of hydrogen-bond acceptors (Lipinski definition) is 6. The van der Waals surface area contributed by atoms with Gasteiger partial charge in [0.25, 0.3) is 11.5 Å². The quantitative estimate of drug-likeness (QED) is 0.395. The molecule has 0 saturated heterocycles. The Labute approximate surface area is 166 Å². The van der Waals surface area contributed by atoms with Gasteiger partial charge in [0.05, 0.1) is 0 Å². The number of nitrogens with zero attached hydrogens (tertiary/aromatic N) is 1. The topological polar surface area (TPSA) is 123 Å². The van der Waals surface area contributed by atoms with Crippen molar-refractivity contribution >= 4 is 21.5 Å². The fourth-order valence-electron chi connectivity index (χ4n) is 2.75. The summed E-state index contributed by atoms with van der Waals surface area (Å²) in [6, 6.07) is 6.59. The number of Topliss-reactive ketones (excluding diaryl/α,β-unsaturated/α-hetero) is 1. The second-order valence-corrected chi connectivity index (χ2v) is 9.34. The van der Waals surface area contributed by atoms with Gasteiger partial charge in [0.2, 0.25) is 0 Å². The van der Waals surface area contributed by atoms with E-state index < -0.39 is 31.9 Å². The second-order valence-electron chi connectivity index (χ2n) is 6.89. The molecule has 1 aromatic carbocycles. The predicted molar refractivity (Wildman–Crippen MR) is 104 cm³/mol. The Kier molecular flexibility index (Phi) is 6.39. The van der Waals surface area contributed by atoms with Gasteiger partial charge in [0.1, 0.15) is 5.82 Å². The highest BCUT2D eigenvalue weighted by atomic mass is 32.2. The predicted octanol–water partition coefficient (Wildman–Crippen LogP) is 1.56. The largest absolute Gasteiger partial charge is 0.315 e. The van der Waals surface area contributed by atoms with Crippen LogP contribution in [0.4, 0.5) is 4.39 Å². The number of sulfone groups is 1. The molecule has 0 saturated carbocycles. The maximum Gasteiger partial charge on any atom is 0.264 e. The summed E-state index contributed by atoms with van der Waals surface area (Å²) in [7, 11) is -3.89. The van der Waals surface area contributed by atoms with E-state index in [2.05, 4.69) is 0 Å². The Balaban J connectivity index is 2.32. The van der Waals surface area contributed by atoms with Crippen LogP contribution in [0.3, 0.4) is 0 Å².